The van der Waals surface area contributed by atoms with Gasteiger partial charge in [0.25, 0.3) is 0 Å². The number of benzene rings is 1. The molecule has 6 heteroatoms. The van der Waals surface area contributed by atoms with E-state index in [0.717, 1.165) is 29.8 Å². The molecule has 4 rings (SSSR count). The number of hydrogen-bond acceptors (Lipinski definition) is 2. The Morgan fingerprint density at radius 2 is 2.14 bits per heavy atom. The van der Waals surface area contributed by atoms with Gasteiger partial charge in [0.1, 0.15) is 0 Å². The van der Waals surface area contributed by atoms with Gasteiger partial charge in [0.05, 0.1) is 23.5 Å². The van der Waals surface area contributed by atoms with E-state index in [1.165, 1.54) is 4.90 Å². The Hall–Kier alpha value is -2.01. The molecule has 2 aromatic rings. The number of hydrogen-bond donors (Lipinski definition) is 1. The van der Waals surface area contributed by atoms with E-state index in [-0.39, 0.29) is 5.54 Å². The second-order valence-electron chi connectivity index (χ2n) is 5.81. The molecule has 0 bridgehead atoms. The molecule has 1 aliphatic heterocycles. The lowest BCUT2D eigenvalue weighted by Crippen LogP contribution is -2.44. The highest BCUT2D eigenvalue weighted by molar-refractivity contribution is 6.30. The van der Waals surface area contributed by atoms with Crippen LogP contribution in [0.1, 0.15) is 18.5 Å². The zero-order chi connectivity index (χ0) is 14.6. The fraction of sp³-hybridized carbons (Fsp3) is 0.333. The maximum absolute atomic E-state index is 11.3. The maximum atomic E-state index is 11.3. The van der Waals surface area contributed by atoms with Crippen molar-refractivity contribution < 1.29 is 9.90 Å². The molecule has 1 spiro atoms. The smallest absolute Gasteiger partial charge is 0.407 e. The van der Waals surface area contributed by atoms with E-state index >= 15 is 0 Å². The molecule has 1 N–H and O–H groups in total. The highest BCUT2D eigenvalue weighted by Crippen LogP contribution is 2.47. The van der Waals surface area contributed by atoms with Crippen molar-refractivity contribution in [2.45, 2.75) is 24.9 Å². The van der Waals surface area contributed by atoms with E-state index in [4.69, 9.17) is 16.7 Å². The molecule has 2 heterocycles. The Morgan fingerprint density at radius 1 is 1.33 bits per heavy atom. The van der Waals surface area contributed by atoms with Gasteiger partial charge < -0.3 is 10.0 Å². The quantitative estimate of drug-likeness (QED) is 0.880. The van der Waals surface area contributed by atoms with E-state index in [1.54, 1.807) is 0 Å². The average Bonchev–Trinajstić information content (AvgIpc) is 3.07. The van der Waals surface area contributed by atoms with Crippen molar-refractivity contribution in [3.63, 3.8) is 0 Å². The van der Waals surface area contributed by atoms with Crippen molar-refractivity contribution in [3.8, 4) is 11.3 Å². The summed E-state index contributed by atoms with van der Waals surface area (Å²) in [6, 6.07) is 9.54. The minimum absolute atomic E-state index is 0.122. The summed E-state index contributed by atoms with van der Waals surface area (Å²) in [5, 5.41) is 14.6. The van der Waals surface area contributed by atoms with Crippen molar-refractivity contribution in [1.29, 1.82) is 0 Å². The highest BCUT2D eigenvalue weighted by atomic mass is 35.5. The van der Waals surface area contributed by atoms with Crippen molar-refractivity contribution >= 4 is 17.7 Å². The third kappa shape index (κ3) is 2.00. The molecule has 1 aromatic heterocycles. The highest BCUT2D eigenvalue weighted by Gasteiger charge is 2.51. The van der Waals surface area contributed by atoms with E-state index in [1.807, 2.05) is 35.0 Å². The monoisotopic (exact) mass is 303 g/mol. The molecule has 0 saturated heterocycles. The summed E-state index contributed by atoms with van der Waals surface area (Å²) in [4.78, 5) is 12.8. The second-order valence-corrected chi connectivity index (χ2v) is 6.24. The van der Waals surface area contributed by atoms with Crippen molar-refractivity contribution in [3.05, 3.63) is 41.0 Å². The van der Waals surface area contributed by atoms with Crippen LogP contribution >= 0.6 is 11.6 Å². The SMILES string of the molecule is O=C(O)N1Cc2cc(-c3cccc(Cl)c3)nn2C2(CC2)C1. The summed E-state index contributed by atoms with van der Waals surface area (Å²) in [6.45, 7) is 0.927. The number of nitrogens with zero attached hydrogens (tertiary/aromatic N) is 3. The minimum atomic E-state index is -0.863. The molecular weight excluding hydrogens is 290 g/mol. The number of rotatable bonds is 1. The van der Waals surface area contributed by atoms with Crippen LogP contribution in [0.2, 0.25) is 5.02 Å². The van der Waals surface area contributed by atoms with Crippen LogP contribution in [0, 0.1) is 0 Å². The molecular formula is C15H14ClN3O2. The summed E-state index contributed by atoms with van der Waals surface area (Å²) in [5.41, 5.74) is 2.65. The van der Waals surface area contributed by atoms with Gasteiger partial charge in [-0.25, -0.2) is 4.79 Å². The van der Waals surface area contributed by atoms with E-state index in [2.05, 4.69) is 0 Å². The van der Waals surface area contributed by atoms with Gasteiger partial charge in [0.15, 0.2) is 0 Å². The molecule has 21 heavy (non-hydrogen) atoms. The van der Waals surface area contributed by atoms with Crippen LogP contribution in [0.4, 0.5) is 4.79 Å². The Labute approximate surface area is 126 Å². The normalized spacial score (nSPS) is 18.6. The molecule has 1 aliphatic carbocycles. The lowest BCUT2D eigenvalue weighted by atomic mass is 10.1. The molecule has 0 unspecified atom stereocenters. The standard InChI is InChI=1S/C15H14ClN3O2/c16-11-3-1-2-10(6-11)13-7-12-8-18(14(20)21)9-15(4-5-15)19(12)17-13/h1-3,6-7H,4-5,8-9H2,(H,20,21). The number of carbonyl (C=O) groups is 1. The van der Waals surface area contributed by atoms with Crippen LogP contribution in [0.3, 0.4) is 0 Å². The Morgan fingerprint density at radius 3 is 2.81 bits per heavy atom. The second kappa shape index (κ2) is 4.24. The third-order valence-corrected chi connectivity index (χ3v) is 4.52. The van der Waals surface area contributed by atoms with E-state index < -0.39 is 6.09 Å². The first-order chi connectivity index (χ1) is 10.1. The largest absolute Gasteiger partial charge is 0.465 e. The topological polar surface area (TPSA) is 58.4 Å². The molecule has 1 fully saturated rings. The van der Waals surface area contributed by atoms with Gasteiger partial charge >= 0.3 is 6.09 Å². The van der Waals surface area contributed by atoms with E-state index in [9.17, 15) is 9.90 Å². The average molecular weight is 304 g/mol. The number of carboxylic acid groups (broad SMARTS) is 1. The molecule has 108 valence electrons. The molecule has 1 saturated carbocycles. The van der Waals surface area contributed by atoms with Gasteiger partial charge in [-0.3, -0.25) is 4.68 Å². The maximum Gasteiger partial charge on any atom is 0.407 e. The number of amides is 1. The van der Waals surface area contributed by atoms with Crippen LogP contribution in [0.25, 0.3) is 11.3 Å². The fourth-order valence-electron chi connectivity index (χ4n) is 3.06. The first kappa shape index (κ1) is 12.7. The zero-order valence-corrected chi connectivity index (χ0v) is 12.0. The van der Waals surface area contributed by atoms with Crippen LogP contribution in [0.15, 0.2) is 30.3 Å². The van der Waals surface area contributed by atoms with Crippen molar-refractivity contribution in [2.24, 2.45) is 0 Å². The Balaban J connectivity index is 1.77. The summed E-state index contributed by atoms with van der Waals surface area (Å²) in [7, 11) is 0. The van der Waals surface area contributed by atoms with Gasteiger partial charge in [0, 0.05) is 17.1 Å². The molecule has 1 amide bonds. The lowest BCUT2D eigenvalue weighted by molar-refractivity contribution is 0.114. The summed E-state index contributed by atoms with van der Waals surface area (Å²) >= 11 is 6.03. The molecule has 5 nitrogen and oxygen atoms in total. The van der Waals surface area contributed by atoms with Crippen LogP contribution < -0.4 is 0 Å². The summed E-state index contributed by atoms with van der Waals surface area (Å²) in [5.74, 6) is 0. The Bertz CT molecular complexity index is 736. The lowest BCUT2D eigenvalue weighted by Gasteiger charge is -2.32. The minimum Gasteiger partial charge on any atom is -0.465 e. The summed E-state index contributed by atoms with van der Waals surface area (Å²) < 4.78 is 2.03. The number of halogens is 1. The van der Waals surface area contributed by atoms with Crippen molar-refractivity contribution in [1.82, 2.24) is 14.7 Å². The first-order valence-corrected chi connectivity index (χ1v) is 7.28. The third-order valence-electron chi connectivity index (χ3n) is 4.29. The first-order valence-electron chi connectivity index (χ1n) is 6.91. The van der Waals surface area contributed by atoms with Gasteiger partial charge in [-0.05, 0) is 31.0 Å². The Kier molecular flexibility index (Phi) is 2.57. The zero-order valence-electron chi connectivity index (χ0n) is 11.3. The van der Waals surface area contributed by atoms with Gasteiger partial charge in [-0.15, -0.1) is 0 Å². The van der Waals surface area contributed by atoms with Crippen LogP contribution in [-0.4, -0.2) is 32.4 Å². The predicted molar refractivity (Wildman–Crippen MR) is 78.3 cm³/mol. The van der Waals surface area contributed by atoms with Gasteiger partial charge in [-0.2, -0.15) is 5.10 Å². The summed E-state index contributed by atoms with van der Waals surface area (Å²) in [6.07, 6.45) is 1.11. The molecule has 2 aliphatic rings. The molecule has 0 radical (unpaired) electrons. The van der Waals surface area contributed by atoms with Crippen LogP contribution in [0.5, 0.6) is 0 Å². The van der Waals surface area contributed by atoms with E-state index in [0.29, 0.717) is 18.1 Å². The van der Waals surface area contributed by atoms with Crippen molar-refractivity contribution in [2.75, 3.05) is 6.54 Å². The van der Waals surface area contributed by atoms with Gasteiger partial charge in [-0.1, -0.05) is 23.7 Å². The fourth-order valence-corrected chi connectivity index (χ4v) is 3.25. The number of fused-ring (bicyclic) bond motifs is 2. The van der Waals surface area contributed by atoms with Gasteiger partial charge in [0.2, 0.25) is 0 Å². The molecule has 1 aromatic carbocycles. The molecule has 0 atom stereocenters. The van der Waals surface area contributed by atoms with Crippen LogP contribution in [-0.2, 0) is 12.1 Å². The predicted octanol–water partition coefficient (Wildman–Crippen LogP) is 3.19. The number of aromatic nitrogens is 2.